The van der Waals surface area contributed by atoms with Crippen LogP contribution in [0.15, 0.2) is 23.1 Å². The molecule has 0 aromatic heterocycles. The third kappa shape index (κ3) is 2.55. The third-order valence-electron chi connectivity index (χ3n) is 2.30. The summed E-state index contributed by atoms with van der Waals surface area (Å²) < 4.78 is 28.5. The standard InChI is InChI=1S/C10H13NO5S/c1-7(2)17(14,15)8-4-5-9(11(12)13)10(6-8)16-3/h4-7H,1-3H3. The second-order valence-corrected chi connectivity index (χ2v) is 6.19. The van der Waals surface area contributed by atoms with Gasteiger partial charge < -0.3 is 4.74 Å². The van der Waals surface area contributed by atoms with Gasteiger partial charge in [0.15, 0.2) is 15.6 Å². The van der Waals surface area contributed by atoms with Crippen molar-refractivity contribution in [3.05, 3.63) is 28.3 Å². The summed E-state index contributed by atoms with van der Waals surface area (Å²) in [5.41, 5.74) is -0.254. The number of benzene rings is 1. The van der Waals surface area contributed by atoms with Gasteiger partial charge in [0.25, 0.3) is 0 Å². The summed E-state index contributed by atoms with van der Waals surface area (Å²) in [5.74, 6) is -0.0586. The van der Waals surface area contributed by atoms with Crippen LogP contribution >= 0.6 is 0 Å². The van der Waals surface area contributed by atoms with Crippen LogP contribution in [0.1, 0.15) is 13.8 Å². The van der Waals surface area contributed by atoms with Gasteiger partial charge in [0, 0.05) is 12.1 Å². The Morgan fingerprint density at radius 2 is 1.94 bits per heavy atom. The molecule has 0 spiro atoms. The normalized spacial score (nSPS) is 11.5. The van der Waals surface area contributed by atoms with Crippen LogP contribution in [0.5, 0.6) is 5.75 Å². The molecular formula is C10H13NO5S. The monoisotopic (exact) mass is 259 g/mol. The molecule has 0 radical (unpaired) electrons. The fourth-order valence-corrected chi connectivity index (χ4v) is 2.33. The second kappa shape index (κ2) is 4.70. The van der Waals surface area contributed by atoms with Crippen molar-refractivity contribution in [2.24, 2.45) is 0 Å². The molecule has 0 unspecified atom stereocenters. The second-order valence-electron chi connectivity index (χ2n) is 3.68. The van der Waals surface area contributed by atoms with E-state index in [9.17, 15) is 18.5 Å². The lowest BCUT2D eigenvalue weighted by atomic mass is 10.3. The number of nitrogens with zero attached hydrogens (tertiary/aromatic N) is 1. The van der Waals surface area contributed by atoms with Gasteiger partial charge in [-0.25, -0.2) is 8.42 Å². The molecule has 0 fully saturated rings. The molecule has 7 heteroatoms. The average molecular weight is 259 g/mol. The molecule has 0 aliphatic rings. The Morgan fingerprint density at radius 1 is 1.35 bits per heavy atom. The van der Waals surface area contributed by atoms with Crippen LogP contribution < -0.4 is 4.74 Å². The average Bonchev–Trinajstić information content (AvgIpc) is 2.27. The fraction of sp³-hybridized carbons (Fsp3) is 0.400. The minimum atomic E-state index is -3.45. The van der Waals surface area contributed by atoms with Gasteiger partial charge in [-0.15, -0.1) is 0 Å². The summed E-state index contributed by atoms with van der Waals surface area (Å²) in [4.78, 5) is 10.1. The van der Waals surface area contributed by atoms with Gasteiger partial charge in [0.2, 0.25) is 0 Å². The first-order chi connectivity index (χ1) is 7.80. The zero-order chi connectivity index (χ0) is 13.2. The van der Waals surface area contributed by atoms with Gasteiger partial charge >= 0.3 is 5.69 Å². The molecule has 0 amide bonds. The van der Waals surface area contributed by atoms with Crippen LogP contribution in [0.25, 0.3) is 0 Å². The Balaban J connectivity index is 3.38. The minimum Gasteiger partial charge on any atom is -0.490 e. The number of nitro groups is 1. The van der Waals surface area contributed by atoms with E-state index in [2.05, 4.69) is 0 Å². The van der Waals surface area contributed by atoms with E-state index in [0.717, 1.165) is 6.07 Å². The van der Waals surface area contributed by atoms with E-state index < -0.39 is 20.0 Å². The van der Waals surface area contributed by atoms with Crippen molar-refractivity contribution in [1.82, 2.24) is 0 Å². The van der Waals surface area contributed by atoms with Crippen LogP contribution in [0, 0.1) is 10.1 Å². The number of hydrogen-bond acceptors (Lipinski definition) is 5. The number of hydrogen-bond donors (Lipinski definition) is 0. The predicted molar refractivity (Wildman–Crippen MR) is 62.0 cm³/mol. The van der Waals surface area contributed by atoms with E-state index in [-0.39, 0.29) is 16.3 Å². The smallest absolute Gasteiger partial charge is 0.310 e. The summed E-state index contributed by atoms with van der Waals surface area (Å²) in [6.07, 6.45) is 0. The third-order valence-corrected chi connectivity index (χ3v) is 4.45. The van der Waals surface area contributed by atoms with Gasteiger partial charge in [-0.2, -0.15) is 0 Å². The summed E-state index contributed by atoms with van der Waals surface area (Å²) in [5, 5.41) is 10.1. The first-order valence-electron chi connectivity index (χ1n) is 4.87. The Labute approximate surface area is 99.3 Å². The molecule has 0 N–H and O–H groups in total. The maximum absolute atomic E-state index is 11.9. The molecule has 0 saturated carbocycles. The topological polar surface area (TPSA) is 86.5 Å². The Bertz CT molecular complexity index is 536. The van der Waals surface area contributed by atoms with Crippen molar-refractivity contribution in [3.63, 3.8) is 0 Å². The first-order valence-corrected chi connectivity index (χ1v) is 6.41. The van der Waals surface area contributed by atoms with E-state index in [1.54, 1.807) is 13.8 Å². The summed E-state index contributed by atoms with van der Waals surface area (Å²) >= 11 is 0. The quantitative estimate of drug-likeness (QED) is 0.607. The molecule has 0 saturated heterocycles. The summed E-state index contributed by atoms with van der Waals surface area (Å²) in [6, 6.07) is 3.53. The highest BCUT2D eigenvalue weighted by molar-refractivity contribution is 7.92. The predicted octanol–water partition coefficient (Wildman–Crippen LogP) is 1.79. The van der Waals surface area contributed by atoms with E-state index in [1.807, 2.05) is 0 Å². The maximum atomic E-state index is 11.9. The molecule has 17 heavy (non-hydrogen) atoms. The highest BCUT2D eigenvalue weighted by Gasteiger charge is 2.23. The van der Waals surface area contributed by atoms with Gasteiger partial charge in [-0.3, -0.25) is 10.1 Å². The zero-order valence-electron chi connectivity index (χ0n) is 9.71. The van der Waals surface area contributed by atoms with Crippen molar-refractivity contribution in [2.75, 3.05) is 7.11 Å². The lowest BCUT2D eigenvalue weighted by molar-refractivity contribution is -0.385. The minimum absolute atomic E-state index is 0.0231. The number of rotatable bonds is 4. The Hall–Kier alpha value is -1.63. The van der Waals surface area contributed by atoms with Gasteiger partial charge in [0.1, 0.15) is 0 Å². The molecule has 1 rings (SSSR count). The molecule has 0 aliphatic heterocycles. The largest absolute Gasteiger partial charge is 0.490 e. The number of ether oxygens (including phenoxy) is 1. The van der Waals surface area contributed by atoms with Gasteiger partial charge in [-0.05, 0) is 19.9 Å². The van der Waals surface area contributed by atoms with E-state index in [4.69, 9.17) is 4.74 Å². The molecule has 94 valence electrons. The molecule has 0 bridgehead atoms. The number of nitro benzene ring substituents is 1. The molecule has 0 heterocycles. The van der Waals surface area contributed by atoms with Gasteiger partial charge in [0.05, 0.1) is 22.2 Å². The van der Waals surface area contributed by atoms with Crippen LogP contribution in [0.4, 0.5) is 5.69 Å². The summed E-state index contributed by atoms with van der Waals surface area (Å²) in [7, 11) is -2.20. The summed E-state index contributed by atoms with van der Waals surface area (Å²) in [6.45, 7) is 3.09. The van der Waals surface area contributed by atoms with Crippen LogP contribution in [0.2, 0.25) is 0 Å². The Morgan fingerprint density at radius 3 is 2.35 bits per heavy atom. The fourth-order valence-electron chi connectivity index (χ4n) is 1.26. The highest BCUT2D eigenvalue weighted by atomic mass is 32.2. The Kier molecular flexibility index (Phi) is 3.72. The van der Waals surface area contributed by atoms with E-state index >= 15 is 0 Å². The van der Waals surface area contributed by atoms with Crippen LogP contribution in [0.3, 0.4) is 0 Å². The van der Waals surface area contributed by atoms with E-state index in [1.165, 1.54) is 19.2 Å². The maximum Gasteiger partial charge on any atom is 0.310 e. The first kappa shape index (κ1) is 13.4. The lowest BCUT2D eigenvalue weighted by Gasteiger charge is -2.09. The van der Waals surface area contributed by atoms with Crippen LogP contribution in [-0.4, -0.2) is 25.7 Å². The van der Waals surface area contributed by atoms with Crippen molar-refractivity contribution >= 4 is 15.5 Å². The van der Waals surface area contributed by atoms with Crippen molar-refractivity contribution in [2.45, 2.75) is 24.0 Å². The molecule has 1 aromatic rings. The van der Waals surface area contributed by atoms with Crippen molar-refractivity contribution < 1.29 is 18.1 Å². The van der Waals surface area contributed by atoms with Crippen LogP contribution in [-0.2, 0) is 9.84 Å². The van der Waals surface area contributed by atoms with Crippen molar-refractivity contribution in [1.29, 1.82) is 0 Å². The highest BCUT2D eigenvalue weighted by Crippen LogP contribution is 2.30. The van der Waals surface area contributed by atoms with Gasteiger partial charge in [-0.1, -0.05) is 0 Å². The zero-order valence-corrected chi connectivity index (χ0v) is 10.5. The number of methoxy groups -OCH3 is 1. The van der Waals surface area contributed by atoms with Crippen molar-refractivity contribution in [3.8, 4) is 5.75 Å². The molecule has 1 aromatic carbocycles. The molecule has 6 nitrogen and oxygen atoms in total. The molecule has 0 atom stereocenters. The lowest BCUT2D eigenvalue weighted by Crippen LogP contribution is -2.14. The molecule has 0 aliphatic carbocycles. The molecular weight excluding hydrogens is 246 g/mol. The SMILES string of the molecule is COc1cc(S(=O)(=O)C(C)C)ccc1[N+](=O)[O-]. The van der Waals surface area contributed by atoms with E-state index in [0.29, 0.717) is 0 Å². The number of sulfone groups is 1.